The van der Waals surface area contributed by atoms with E-state index in [9.17, 15) is 4.79 Å². The third kappa shape index (κ3) is 3.57. The number of H-pyrrole nitrogens is 1. The molecule has 1 N–H and O–H groups in total. The van der Waals surface area contributed by atoms with Gasteiger partial charge in [-0.15, -0.1) is 0 Å². The average Bonchev–Trinajstić information content (AvgIpc) is 3.20. The van der Waals surface area contributed by atoms with Crippen molar-refractivity contribution in [1.82, 2.24) is 15.2 Å². The molecule has 0 radical (unpaired) electrons. The van der Waals surface area contributed by atoms with Gasteiger partial charge >= 0.3 is 0 Å². The van der Waals surface area contributed by atoms with Gasteiger partial charge in [-0.05, 0) is 44.4 Å². The van der Waals surface area contributed by atoms with Crippen molar-refractivity contribution in [3.8, 4) is 0 Å². The van der Waals surface area contributed by atoms with Gasteiger partial charge in [-0.1, -0.05) is 66.7 Å². The van der Waals surface area contributed by atoms with Gasteiger partial charge in [-0.3, -0.25) is 9.89 Å². The van der Waals surface area contributed by atoms with Gasteiger partial charge in [0.15, 0.2) is 5.16 Å². The number of nitrogens with one attached hydrogen (secondary N) is 1. The number of benzene rings is 2. The molecule has 3 aromatic rings. The van der Waals surface area contributed by atoms with E-state index in [0.717, 1.165) is 12.1 Å². The second-order valence-electron chi connectivity index (χ2n) is 8.51. The standard InChI is InChI=1S/C23H26N4OS/c1-16-9-11-17(12-10-16)23(4)14-22(2,3)27(19-8-6-5-7-18(19)23)20(28)13-29-21-24-15-25-26-21/h5-12,15H,13-14H2,1-4H3,(H,24,25,26)/t23-/m0/s1. The first-order valence-corrected chi connectivity index (χ1v) is 10.8. The zero-order chi connectivity index (χ0) is 20.6. The molecule has 2 heterocycles. The van der Waals surface area contributed by atoms with Crippen molar-refractivity contribution in [3.05, 3.63) is 71.5 Å². The van der Waals surface area contributed by atoms with Crippen LogP contribution in [0.3, 0.4) is 0 Å². The quantitative estimate of drug-likeness (QED) is 0.637. The highest BCUT2D eigenvalue weighted by molar-refractivity contribution is 7.99. The predicted molar refractivity (Wildman–Crippen MR) is 117 cm³/mol. The number of thioether (sulfide) groups is 1. The van der Waals surface area contributed by atoms with E-state index in [2.05, 4.69) is 85.3 Å². The lowest BCUT2D eigenvalue weighted by molar-refractivity contribution is -0.117. The number of aromatic nitrogens is 3. The maximum absolute atomic E-state index is 13.3. The molecule has 5 nitrogen and oxygen atoms in total. The van der Waals surface area contributed by atoms with Crippen LogP contribution in [-0.4, -0.2) is 32.4 Å². The number of rotatable bonds is 4. The lowest BCUT2D eigenvalue weighted by Crippen LogP contribution is -2.56. The van der Waals surface area contributed by atoms with Gasteiger partial charge in [-0.2, -0.15) is 5.10 Å². The molecular formula is C23H26N4OS. The molecule has 1 amide bonds. The molecule has 0 saturated carbocycles. The molecule has 1 aliphatic heterocycles. The second kappa shape index (κ2) is 7.34. The molecule has 0 bridgehead atoms. The van der Waals surface area contributed by atoms with E-state index >= 15 is 0 Å². The first kappa shape index (κ1) is 19.7. The SMILES string of the molecule is Cc1ccc([C@]2(C)CC(C)(C)N(C(=O)CSc3ncn[nH]3)c3ccccc32)cc1. The highest BCUT2D eigenvalue weighted by Crippen LogP contribution is 2.50. The average molecular weight is 407 g/mol. The Kier molecular flexibility index (Phi) is 4.99. The fraction of sp³-hybridized carbons (Fsp3) is 0.348. The maximum atomic E-state index is 13.3. The Labute approximate surface area is 175 Å². The molecule has 2 aromatic carbocycles. The lowest BCUT2D eigenvalue weighted by atomic mass is 9.65. The summed E-state index contributed by atoms with van der Waals surface area (Å²) in [5.41, 5.74) is 4.24. The molecule has 0 fully saturated rings. The van der Waals surface area contributed by atoms with Crippen molar-refractivity contribution in [2.24, 2.45) is 0 Å². The summed E-state index contributed by atoms with van der Waals surface area (Å²) in [6.45, 7) is 8.72. The van der Waals surface area contributed by atoms with E-state index in [-0.39, 0.29) is 16.9 Å². The number of aromatic amines is 1. The van der Waals surface area contributed by atoms with Crippen LogP contribution in [0.1, 0.15) is 43.9 Å². The fourth-order valence-corrected chi connectivity index (χ4v) is 5.24. The molecule has 1 aromatic heterocycles. The summed E-state index contributed by atoms with van der Waals surface area (Å²) in [7, 11) is 0. The molecule has 1 aliphatic rings. The Morgan fingerprint density at radius 3 is 2.55 bits per heavy atom. The van der Waals surface area contributed by atoms with Crippen LogP contribution in [0.25, 0.3) is 0 Å². The molecule has 150 valence electrons. The third-order valence-electron chi connectivity index (χ3n) is 5.79. The van der Waals surface area contributed by atoms with Gasteiger partial charge in [0.25, 0.3) is 0 Å². The highest BCUT2D eigenvalue weighted by atomic mass is 32.2. The van der Waals surface area contributed by atoms with Gasteiger partial charge in [0.1, 0.15) is 6.33 Å². The fourth-order valence-electron chi connectivity index (χ4n) is 4.61. The van der Waals surface area contributed by atoms with Crippen molar-refractivity contribution in [2.45, 2.75) is 50.2 Å². The van der Waals surface area contributed by atoms with Crippen LogP contribution in [0, 0.1) is 6.92 Å². The number of anilines is 1. The van der Waals surface area contributed by atoms with Gasteiger partial charge in [0, 0.05) is 16.6 Å². The number of aryl methyl sites for hydroxylation is 1. The number of nitrogens with zero attached hydrogens (tertiary/aromatic N) is 3. The van der Waals surface area contributed by atoms with Crippen LogP contribution in [0.4, 0.5) is 5.69 Å². The van der Waals surface area contributed by atoms with Crippen molar-refractivity contribution >= 4 is 23.4 Å². The Morgan fingerprint density at radius 1 is 1.14 bits per heavy atom. The molecule has 29 heavy (non-hydrogen) atoms. The monoisotopic (exact) mass is 406 g/mol. The minimum absolute atomic E-state index is 0.0785. The van der Waals surface area contributed by atoms with Crippen LogP contribution in [0.15, 0.2) is 60.0 Å². The molecule has 4 rings (SSSR count). The predicted octanol–water partition coefficient (Wildman–Crippen LogP) is 4.73. The maximum Gasteiger partial charge on any atom is 0.237 e. The zero-order valence-electron chi connectivity index (χ0n) is 17.3. The number of carbonyl (C=O) groups excluding carboxylic acids is 1. The number of carbonyl (C=O) groups is 1. The summed E-state index contributed by atoms with van der Waals surface area (Å²) in [5.74, 6) is 0.392. The van der Waals surface area contributed by atoms with E-state index < -0.39 is 0 Å². The molecule has 0 aliphatic carbocycles. The molecule has 0 spiro atoms. The van der Waals surface area contributed by atoms with Crippen molar-refractivity contribution < 1.29 is 4.79 Å². The minimum Gasteiger partial charge on any atom is -0.306 e. The van der Waals surface area contributed by atoms with Gasteiger partial charge < -0.3 is 4.90 Å². The van der Waals surface area contributed by atoms with Crippen molar-refractivity contribution in [3.63, 3.8) is 0 Å². The number of hydrogen-bond acceptors (Lipinski definition) is 4. The zero-order valence-corrected chi connectivity index (χ0v) is 18.1. The summed E-state index contributed by atoms with van der Waals surface area (Å²) >= 11 is 1.38. The van der Waals surface area contributed by atoms with E-state index in [1.54, 1.807) is 0 Å². The van der Waals surface area contributed by atoms with Crippen molar-refractivity contribution in [1.29, 1.82) is 0 Å². The van der Waals surface area contributed by atoms with Crippen LogP contribution < -0.4 is 4.90 Å². The van der Waals surface area contributed by atoms with Gasteiger partial charge in [-0.25, -0.2) is 4.98 Å². The molecule has 6 heteroatoms. The van der Waals surface area contributed by atoms with Crippen LogP contribution in [0.5, 0.6) is 0 Å². The van der Waals surface area contributed by atoms with E-state index in [0.29, 0.717) is 10.9 Å². The largest absolute Gasteiger partial charge is 0.306 e. The van der Waals surface area contributed by atoms with Crippen LogP contribution in [-0.2, 0) is 10.2 Å². The summed E-state index contributed by atoms with van der Waals surface area (Å²) < 4.78 is 0. The topological polar surface area (TPSA) is 61.9 Å². The summed E-state index contributed by atoms with van der Waals surface area (Å²) in [6, 6.07) is 17.1. The Morgan fingerprint density at radius 2 is 1.86 bits per heavy atom. The first-order valence-electron chi connectivity index (χ1n) is 9.79. The molecule has 1 atom stereocenters. The van der Waals surface area contributed by atoms with Crippen molar-refractivity contribution in [2.75, 3.05) is 10.7 Å². The number of amides is 1. The smallest absolute Gasteiger partial charge is 0.237 e. The second-order valence-corrected chi connectivity index (χ2v) is 9.48. The van der Waals surface area contributed by atoms with Crippen LogP contribution in [0.2, 0.25) is 0 Å². The van der Waals surface area contributed by atoms with E-state index in [4.69, 9.17) is 0 Å². The Bertz CT molecular complexity index is 1010. The molecular weight excluding hydrogens is 380 g/mol. The normalized spacial score (nSPS) is 20.3. The lowest BCUT2D eigenvalue weighted by Gasteiger charge is -2.51. The van der Waals surface area contributed by atoms with Crippen LogP contribution >= 0.6 is 11.8 Å². The molecule has 0 unspecified atom stereocenters. The van der Waals surface area contributed by atoms with E-state index in [1.165, 1.54) is 34.8 Å². The summed E-state index contributed by atoms with van der Waals surface area (Å²) in [6.07, 6.45) is 2.30. The highest BCUT2D eigenvalue weighted by Gasteiger charge is 2.47. The Balaban J connectivity index is 1.73. The first-order chi connectivity index (χ1) is 13.8. The molecule has 0 saturated heterocycles. The number of fused-ring (bicyclic) bond motifs is 1. The summed E-state index contributed by atoms with van der Waals surface area (Å²) in [4.78, 5) is 19.4. The van der Waals surface area contributed by atoms with Gasteiger partial charge in [0.05, 0.1) is 5.75 Å². The summed E-state index contributed by atoms with van der Waals surface area (Å²) in [5, 5.41) is 7.32. The number of hydrogen-bond donors (Lipinski definition) is 1. The van der Waals surface area contributed by atoms with Gasteiger partial charge in [0.2, 0.25) is 5.91 Å². The minimum atomic E-state index is -0.326. The Hall–Kier alpha value is -2.60. The third-order valence-corrected chi connectivity index (χ3v) is 6.66. The van der Waals surface area contributed by atoms with E-state index in [1.807, 2.05) is 11.0 Å². The number of para-hydroxylation sites is 1.